The van der Waals surface area contributed by atoms with E-state index >= 15 is 0 Å². The lowest BCUT2D eigenvalue weighted by molar-refractivity contribution is 0.484. The number of nitrogens with zero attached hydrogens (tertiary/aromatic N) is 1. The van der Waals surface area contributed by atoms with Gasteiger partial charge in [0, 0.05) is 17.0 Å². The maximum absolute atomic E-state index is 4.64. The van der Waals surface area contributed by atoms with Crippen LogP contribution in [0.1, 0.15) is 52.6 Å². The largest absolute Gasteiger partial charge is 0.302 e. The van der Waals surface area contributed by atoms with Gasteiger partial charge in [-0.05, 0) is 45.7 Å². The summed E-state index contributed by atoms with van der Waals surface area (Å²) in [4.78, 5) is 5.95. The molecular formula is C16H22N2S. The third-order valence-electron chi connectivity index (χ3n) is 3.50. The van der Waals surface area contributed by atoms with Gasteiger partial charge in [-0.1, -0.05) is 24.3 Å². The predicted molar refractivity (Wildman–Crippen MR) is 82.7 cm³/mol. The summed E-state index contributed by atoms with van der Waals surface area (Å²) < 4.78 is 0. The van der Waals surface area contributed by atoms with Gasteiger partial charge in [-0.2, -0.15) is 0 Å². The molecule has 19 heavy (non-hydrogen) atoms. The Balaban J connectivity index is 2.13. The lowest BCUT2D eigenvalue weighted by Gasteiger charge is -2.21. The molecule has 0 radical (unpaired) electrons. The van der Waals surface area contributed by atoms with Crippen LogP contribution in [0, 0.1) is 20.8 Å². The third-order valence-corrected chi connectivity index (χ3v) is 4.41. The predicted octanol–water partition coefficient (Wildman–Crippen LogP) is 4.48. The monoisotopic (exact) mass is 274 g/mol. The molecule has 0 aliphatic heterocycles. The number of aryl methyl sites for hydroxylation is 3. The van der Waals surface area contributed by atoms with Crippen LogP contribution in [0.2, 0.25) is 0 Å². The minimum atomic E-state index is 0.277. The van der Waals surface area contributed by atoms with E-state index in [0.29, 0.717) is 6.04 Å². The van der Waals surface area contributed by atoms with Crippen LogP contribution in [0.3, 0.4) is 0 Å². The number of rotatable bonds is 4. The number of hydrogen-bond donors (Lipinski definition) is 1. The number of hydrogen-bond acceptors (Lipinski definition) is 3. The molecule has 3 heteroatoms. The van der Waals surface area contributed by atoms with Gasteiger partial charge in [0.25, 0.3) is 0 Å². The second kappa shape index (κ2) is 5.85. The van der Waals surface area contributed by atoms with Crippen molar-refractivity contribution in [2.24, 2.45) is 0 Å². The fourth-order valence-corrected chi connectivity index (χ4v) is 3.48. The molecule has 0 aliphatic rings. The molecule has 0 aliphatic carbocycles. The van der Waals surface area contributed by atoms with E-state index in [4.69, 9.17) is 0 Å². The van der Waals surface area contributed by atoms with Gasteiger partial charge in [-0.3, -0.25) is 0 Å². The van der Waals surface area contributed by atoms with Crippen molar-refractivity contribution in [3.8, 4) is 0 Å². The highest BCUT2D eigenvalue weighted by Gasteiger charge is 2.16. The van der Waals surface area contributed by atoms with Crippen LogP contribution in [-0.2, 0) is 0 Å². The highest BCUT2D eigenvalue weighted by Crippen LogP contribution is 2.25. The van der Waals surface area contributed by atoms with Gasteiger partial charge < -0.3 is 5.32 Å². The van der Waals surface area contributed by atoms with Crippen LogP contribution in [0.25, 0.3) is 0 Å². The minimum Gasteiger partial charge on any atom is -0.302 e. The molecule has 1 unspecified atom stereocenters. The van der Waals surface area contributed by atoms with Gasteiger partial charge in [0.1, 0.15) is 0 Å². The summed E-state index contributed by atoms with van der Waals surface area (Å²) in [5.74, 6) is 0. The first-order valence-corrected chi connectivity index (χ1v) is 7.56. The quantitative estimate of drug-likeness (QED) is 0.889. The molecule has 2 rings (SSSR count). The van der Waals surface area contributed by atoms with Gasteiger partial charge in [0.05, 0.1) is 10.7 Å². The highest BCUT2D eigenvalue weighted by atomic mass is 32.1. The van der Waals surface area contributed by atoms with Crippen LogP contribution >= 0.6 is 11.3 Å². The molecule has 0 fully saturated rings. The smallest absolute Gasteiger partial charge is 0.0900 e. The molecule has 0 saturated heterocycles. The van der Waals surface area contributed by atoms with Gasteiger partial charge in [-0.15, -0.1) is 11.3 Å². The average molecular weight is 274 g/mol. The van der Waals surface area contributed by atoms with Crippen molar-refractivity contribution in [3.63, 3.8) is 0 Å². The fraction of sp³-hybridized carbons (Fsp3) is 0.438. The number of nitrogens with one attached hydrogen (secondary N) is 1. The van der Waals surface area contributed by atoms with Crippen molar-refractivity contribution < 1.29 is 0 Å². The summed E-state index contributed by atoms with van der Waals surface area (Å²) >= 11 is 1.77. The fourth-order valence-electron chi connectivity index (χ4n) is 2.56. The van der Waals surface area contributed by atoms with Gasteiger partial charge in [-0.25, -0.2) is 4.98 Å². The SMILES string of the molecule is Cc1nc(C(C)N[C@H](C)c2ccccc2C)c(C)s1. The van der Waals surface area contributed by atoms with Crippen LogP contribution in [0.5, 0.6) is 0 Å². The van der Waals surface area contributed by atoms with Crippen LogP contribution in [0.15, 0.2) is 24.3 Å². The van der Waals surface area contributed by atoms with E-state index in [0.717, 1.165) is 5.01 Å². The molecule has 102 valence electrons. The second-order valence-corrected chi connectivity index (χ2v) is 6.55. The van der Waals surface area contributed by atoms with Crippen molar-refractivity contribution in [2.75, 3.05) is 0 Å². The second-order valence-electron chi connectivity index (χ2n) is 5.14. The Labute approximate surface area is 119 Å². The van der Waals surface area contributed by atoms with Crippen LogP contribution in [0.4, 0.5) is 0 Å². The lowest BCUT2D eigenvalue weighted by atomic mass is 10.0. The molecule has 1 heterocycles. The molecule has 0 spiro atoms. The summed E-state index contributed by atoms with van der Waals surface area (Å²) in [5.41, 5.74) is 3.88. The molecule has 1 aromatic heterocycles. The summed E-state index contributed by atoms with van der Waals surface area (Å²) in [6.07, 6.45) is 0. The Bertz CT molecular complexity index is 560. The molecule has 2 nitrogen and oxygen atoms in total. The van der Waals surface area contributed by atoms with Gasteiger partial charge in [0.2, 0.25) is 0 Å². The van der Waals surface area contributed by atoms with Gasteiger partial charge >= 0.3 is 0 Å². The standard InChI is InChI=1S/C16H22N2S/c1-10-8-6-7-9-15(10)11(2)17-12(3)16-13(4)19-14(5)18-16/h6-9,11-12,17H,1-5H3/t11-,12?/m1/s1. The van der Waals surface area contributed by atoms with E-state index in [1.54, 1.807) is 11.3 Å². The summed E-state index contributed by atoms with van der Waals surface area (Å²) in [7, 11) is 0. The first-order chi connectivity index (χ1) is 8.99. The molecular weight excluding hydrogens is 252 g/mol. The van der Waals surface area contributed by atoms with E-state index in [9.17, 15) is 0 Å². The number of aromatic nitrogens is 1. The zero-order valence-corrected chi connectivity index (χ0v) is 13.1. The zero-order chi connectivity index (χ0) is 14.0. The molecule has 1 aromatic carbocycles. The first-order valence-electron chi connectivity index (χ1n) is 6.74. The van der Waals surface area contributed by atoms with E-state index in [-0.39, 0.29) is 6.04 Å². The molecule has 2 aromatic rings. The molecule has 0 saturated carbocycles. The van der Waals surface area contributed by atoms with E-state index in [1.165, 1.54) is 21.7 Å². The normalized spacial score (nSPS) is 14.4. The topological polar surface area (TPSA) is 24.9 Å². The Morgan fingerprint density at radius 1 is 1.05 bits per heavy atom. The van der Waals surface area contributed by atoms with Crippen molar-refractivity contribution >= 4 is 11.3 Å². The van der Waals surface area contributed by atoms with Crippen LogP contribution in [-0.4, -0.2) is 4.98 Å². The number of thiazole rings is 1. The zero-order valence-electron chi connectivity index (χ0n) is 12.3. The first kappa shape index (κ1) is 14.2. The Hall–Kier alpha value is -1.19. The summed E-state index contributed by atoms with van der Waals surface area (Å²) in [6.45, 7) is 10.8. The summed E-state index contributed by atoms with van der Waals surface area (Å²) in [5, 5.41) is 4.79. The Morgan fingerprint density at radius 3 is 2.32 bits per heavy atom. The maximum Gasteiger partial charge on any atom is 0.0900 e. The minimum absolute atomic E-state index is 0.277. The van der Waals surface area contributed by atoms with Crippen molar-refractivity contribution in [1.29, 1.82) is 0 Å². The Morgan fingerprint density at radius 2 is 1.74 bits per heavy atom. The highest BCUT2D eigenvalue weighted by molar-refractivity contribution is 7.11. The molecule has 0 bridgehead atoms. The van der Waals surface area contributed by atoms with Gasteiger partial charge in [0.15, 0.2) is 0 Å². The average Bonchev–Trinajstić information content (AvgIpc) is 2.69. The van der Waals surface area contributed by atoms with E-state index in [1.807, 2.05) is 0 Å². The number of benzene rings is 1. The lowest BCUT2D eigenvalue weighted by Crippen LogP contribution is -2.23. The maximum atomic E-state index is 4.64. The third kappa shape index (κ3) is 3.23. The van der Waals surface area contributed by atoms with Crippen molar-refractivity contribution in [2.45, 2.75) is 46.7 Å². The molecule has 0 amide bonds. The molecule has 2 atom stereocenters. The Kier molecular flexibility index (Phi) is 4.38. The van der Waals surface area contributed by atoms with Crippen LogP contribution < -0.4 is 5.32 Å². The van der Waals surface area contributed by atoms with Crippen molar-refractivity contribution in [3.05, 3.63) is 51.0 Å². The van der Waals surface area contributed by atoms with E-state index in [2.05, 4.69) is 69.2 Å². The summed E-state index contributed by atoms with van der Waals surface area (Å²) in [6, 6.07) is 9.15. The van der Waals surface area contributed by atoms with Crippen molar-refractivity contribution in [1.82, 2.24) is 10.3 Å². The van der Waals surface area contributed by atoms with E-state index < -0.39 is 0 Å². The molecule has 1 N–H and O–H groups in total.